The van der Waals surface area contributed by atoms with Gasteiger partial charge < -0.3 is 9.47 Å². The van der Waals surface area contributed by atoms with Gasteiger partial charge in [-0.1, -0.05) is 36.4 Å². The maximum atomic E-state index is 12.8. The first kappa shape index (κ1) is 16.7. The van der Waals surface area contributed by atoms with E-state index in [0.29, 0.717) is 6.42 Å². The highest BCUT2D eigenvalue weighted by atomic mass is 16.2. The molecule has 0 fully saturated rings. The number of amides is 1. The zero-order valence-corrected chi connectivity index (χ0v) is 15.7. The van der Waals surface area contributed by atoms with Gasteiger partial charge in [-0.15, -0.1) is 0 Å². The fourth-order valence-electron chi connectivity index (χ4n) is 4.04. The Balaban J connectivity index is 1.46. The fraction of sp³-hybridized carbons (Fsp3) is 0.174. The summed E-state index contributed by atoms with van der Waals surface area (Å²) in [5, 5.41) is 1.04. The van der Waals surface area contributed by atoms with Crippen LogP contribution in [0.1, 0.15) is 11.1 Å². The molecule has 4 aromatic rings. The average molecular weight is 368 g/mol. The van der Waals surface area contributed by atoms with Gasteiger partial charge in [0.2, 0.25) is 5.91 Å². The van der Waals surface area contributed by atoms with E-state index in [0.717, 1.165) is 46.4 Å². The predicted octanol–water partition coefficient (Wildman–Crippen LogP) is 3.77. The second-order valence-corrected chi connectivity index (χ2v) is 7.21. The Kier molecular flexibility index (Phi) is 3.93. The van der Waals surface area contributed by atoms with Gasteiger partial charge in [0.25, 0.3) is 0 Å². The van der Waals surface area contributed by atoms with E-state index in [1.165, 1.54) is 5.56 Å². The van der Waals surface area contributed by atoms with Crippen LogP contribution in [-0.4, -0.2) is 27.0 Å². The van der Waals surface area contributed by atoms with Gasteiger partial charge in [0, 0.05) is 42.6 Å². The molecule has 1 aliphatic rings. The van der Waals surface area contributed by atoms with Crippen molar-refractivity contribution in [2.24, 2.45) is 7.05 Å². The number of nitrogens with zero attached hydrogens (tertiary/aromatic N) is 4. The Labute approximate surface area is 163 Å². The molecule has 0 atom stereocenters. The Hall–Kier alpha value is -3.47. The van der Waals surface area contributed by atoms with Gasteiger partial charge in [-0.25, -0.2) is 9.97 Å². The van der Waals surface area contributed by atoms with Crippen LogP contribution in [0.25, 0.3) is 22.2 Å². The van der Waals surface area contributed by atoms with Crippen LogP contribution in [0.5, 0.6) is 0 Å². The third-order valence-corrected chi connectivity index (χ3v) is 5.42. The molecule has 2 aromatic heterocycles. The molecule has 5 heteroatoms. The number of anilines is 1. The molecule has 5 rings (SSSR count). The van der Waals surface area contributed by atoms with Crippen molar-refractivity contribution in [3.63, 3.8) is 0 Å². The molecule has 0 unspecified atom stereocenters. The maximum Gasteiger partial charge on any atom is 0.231 e. The van der Waals surface area contributed by atoms with Gasteiger partial charge in [0.05, 0.1) is 6.42 Å². The molecular formula is C23H20N4O. The van der Waals surface area contributed by atoms with E-state index in [9.17, 15) is 4.79 Å². The molecule has 1 aliphatic heterocycles. The third-order valence-electron chi connectivity index (χ3n) is 5.42. The molecule has 3 heterocycles. The lowest BCUT2D eigenvalue weighted by atomic mass is 10.0. The molecule has 0 radical (unpaired) electrons. The summed E-state index contributed by atoms with van der Waals surface area (Å²) in [5.41, 5.74) is 6.47. The Morgan fingerprint density at radius 2 is 2.00 bits per heavy atom. The summed E-state index contributed by atoms with van der Waals surface area (Å²) in [4.78, 5) is 23.3. The predicted molar refractivity (Wildman–Crippen MR) is 110 cm³/mol. The topological polar surface area (TPSA) is 51.0 Å². The first-order valence-corrected chi connectivity index (χ1v) is 9.43. The molecule has 0 saturated carbocycles. The van der Waals surface area contributed by atoms with Crippen molar-refractivity contribution in [2.45, 2.75) is 12.8 Å². The van der Waals surface area contributed by atoms with Crippen LogP contribution in [0.3, 0.4) is 0 Å². The summed E-state index contributed by atoms with van der Waals surface area (Å²) in [6.45, 7) is 0.739. The smallest absolute Gasteiger partial charge is 0.231 e. The number of fused-ring (bicyclic) bond motifs is 2. The summed E-state index contributed by atoms with van der Waals surface area (Å²) in [7, 11) is 2.00. The Morgan fingerprint density at radius 1 is 1.14 bits per heavy atom. The molecule has 0 N–H and O–H groups in total. The average Bonchev–Trinajstić information content (AvgIpc) is 3.30. The summed E-state index contributed by atoms with van der Waals surface area (Å²) in [6, 6.07) is 16.3. The van der Waals surface area contributed by atoms with Crippen molar-refractivity contribution >= 4 is 22.6 Å². The van der Waals surface area contributed by atoms with E-state index in [1.807, 2.05) is 53.0 Å². The first-order chi connectivity index (χ1) is 13.7. The van der Waals surface area contributed by atoms with Gasteiger partial charge in [0.15, 0.2) is 0 Å². The van der Waals surface area contributed by atoms with Gasteiger partial charge in [-0.3, -0.25) is 4.79 Å². The van der Waals surface area contributed by atoms with Crippen molar-refractivity contribution in [1.29, 1.82) is 0 Å². The van der Waals surface area contributed by atoms with Gasteiger partial charge in [0.1, 0.15) is 12.0 Å². The third kappa shape index (κ3) is 2.76. The van der Waals surface area contributed by atoms with Crippen LogP contribution in [-0.2, 0) is 24.7 Å². The largest absolute Gasteiger partial charge is 0.335 e. The van der Waals surface area contributed by atoms with E-state index in [4.69, 9.17) is 0 Å². The lowest BCUT2D eigenvalue weighted by molar-refractivity contribution is -0.117. The molecule has 0 aliphatic carbocycles. The SMILES string of the molecule is Cn1cc(-c2ccc3c(c2)CCN3C(=O)Cc2ccccc2)c2cncnc21. The number of aryl methyl sites for hydroxylation is 1. The van der Waals surface area contributed by atoms with Crippen LogP contribution >= 0.6 is 0 Å². The van der Waals surface area contributed by atoms with Crippen molar-refractivity contribution in [1.82, 2.24) is 14.5 Å². The lowest BCUT2D eigenvalue weighted by Gasteiger charge is -2.17. The van der Waals surface area contributed by atoms with Gasteiger partial charge in [-0.05, 0) is 35.2 Å². The standard InChI is InChI=1S/C23H20N4O/c1-26-14-20(19-13-24-15-25-23(19)26)17-7-8-21-18(12-17)9-10-27(21)22(28)11-16-5-3-2-4-6-16/h2-8,12-15H,9-11H2,1H3. The molecule has 0 bridgehead atoms. The van der Waals surface area contributed by atoms with Crippen molar-refractivity contribution < 1.29 is 4.79 Å². The van der Waals surface area contributed by atoms with E-state index in [-0.39, 0.29) is 5.91 Å². The number of carbonyl (C=O) groups excluding carboxylic acids is 1. The number of hydrogen-bond acceptors (Lipinski definition) is 3. The zero-order chi connectivity index (χ0) is 19.1. The van der Waals surface area contributed by atoms with Gasteiger partial charge in [-0.2, -0.15) is 0 Å². The lowest BCUT2D eigenvalue weighted by Crippen LogP contribution is -2.30. The Bertz CT molecular complexity index is 1180. The molecular weight excluding hydrogens is 348 g/mol. The quantitative estimate of drug-likeness (QED) is 0.553. The highest BCUT2D eigenvalue weighted by Gasteiger charge is 2.25. The van der Waals surface area contributed by atoms with Gasteiger partial charge >= 0.3 is 0 Å². The summed E-state index contributed by atoms with van der Waals surface area (Å²) in [5.74, 6) is 0.149. The zero-order valence-electron chi connectivity index (χ0n) is 15.7. The minimum absolute atomic E-state index is 0.149. The normalized spacial score (nSPS) is 13.1. The van der Waals surface area contributed by atoms with E-state index < -0.39 is 0 Å². The van der Waals surface area contributed by atoms with Crippen LogP contribution in [0, 0.1) is 0 Å². The fourth-order valence-corrected chi connectivity index (χ4v) is 4.04. The summed E-state index contributed by atoms with van der Waals surface area (Å²) >= 11 is 0. The first-order valence-electron chi connectivity index (χ1n) is 9.43. The summed E-state index contributed by atoms with van der Waals surface area (Å²) < 4.78 is 2.02. The molecule has 1 amide bonds. The van der Waals surface area contributed by atoms with E-state index in [2.05, 4.69) is 34.4 Å². The summed E-state index contributed by atoms with van der Waals surface area (Å²) in [6.07, 6.45) is 6.84. The molecule has 0 saturated heterocycles. The van der Waals surface area contributed by atoms with E-state index in [1.54, 1.807) is 6.33 Å². The minimum atomic E-state index is 0.149. The molecule has 0 spiro atoms. The van der Waals surface area contributed by atoms with Crippen LogP contribution in [0.4, 0.5) is 5.69 Å². The highest BCUT2D eigenvalue weighted by Crippen LogP contribution is 2.35. The van der Waals surface area contributed by atoms with Crippen molar-refractivity contribution in [3.05, 3.63) is 78.4 Å². The van der Waals surface area contributed by atoms with Crippen molar-refractivity contribution in [2.75, 3.05) is 11.4 Å². The number of rotatable bonds is 3. The number of aromatic nitrogens is 3. The second kappa shape index (κ2) is 6.60. The number of carbonyl (C=O) groups is 1. The number of hydrogen-bond donors (Lipinski definition) is 0. The number of benzene rings is 2. The Morgan fingerprint density at radius 3 is 2.86 bits per heavy atom. The van der Waals surface area contributed by atoms with Crippen LogP contribution in [0.2, 0.25) is 0 Å². The molecule has 5 nitrogen and oxygen atoms in total. The van der Waals surface area contributed by atoms with Crippen LogP contribution < -0.4 is 4.90 Å². The van der Waals surface area contributed by atoms with E-state index >= 15 is 0 Å². The minimum Gasteiger partial charge on any atom is -0.335 e. The second-order valence-electron chi connectivity index (χ2n) is 7.21. The molecule has 2 aromatic carbocycles. The molecule has 28 heavy (non-hydrogen) atoms. The maximum absolute atomic E-state index is 12.8. The van der Waals surface area contributed by atoms with Crippen molar-refractivity contribution in [3.8, 4) is 11.1 Å². The highest BCUT2D eigenvalue weighted by molar-refractivity contribution is 5.98. The van der Waals surface area contributed by atoms with Crippen LogP contribution in [0.15, 0.2) is 67.3 Å². The monoisotopic (exact) mass is 368 g/mol. The molecule has 138 valence electrons.